The summed E-state index contributed by atoms with van der Waals surface area (Å²) in [6.45, 7) is 0. The first-order valence-corrected chi connectivity index (χ1v) is 6.66. The Bertz CT molecular complexity index is 462. The van der Waals surface area contributed by atoms with Gasteiger partial charge in [0.15, 0.2) is 0 Å². The topological polar surface area (TPSA) is 54.3 Å². The van der Waals surface area contributed by atoms with Gasteiger partial charge in [0, 0.05) is 17.7 Å². The Morgan fingerprint density at radius 1 is 1.26 bits per heavy atom. The summed E-state index contributed by atoms with van der Waals surface area (Å²) in [4.78, 5) is 0. The molecular formula is C15H20N2O2. The molecule has 1 saturated carbocycles. The van der Waals surface area contributed by atoms with Crippen molar-refractivity contribution in [1.29, 1.82) is 5.26 Å². The second-order valence-electron chi connectivity index (χ2n) is 4.82. The summed E-state index contributed by atoms with van der Waals surface area (Å²) < 4.78 is 10.5. The van der Waals surface area contributed by atoms with Gasteiger partial charge in [-0.25, -0.2) is 0 Å². The van der Waals surface area contributed by atoms with Crippen molar-refractivity contribution in [1.82, 2.24) is 5.32 Å². The van der Waals surface area contributed by atoms with Crippen LogP contribution in [0.15, 0.2) is 18.2 Å². The number of hydrogen-bond donors (Lipinski definition) is 1. The van der Waals surface area contributed by atoms with Gasteiger partial charge in [-0.3, -0.25) is 5.32 Å². The normalized spacial score (nSPS) is 16.9. The van der Waals surface area contributed by atoms with Crippen molar-refractivity contribution < 1.29 is 9.47 Å². The smallest absolute Gasteiger partial charge is 0.128 e. The Kier molecular flexibility index (Phi) is 4.64. The van der Waals surface area contributed by atoms with Crippen molar-refractivity contribution in [2.24, 2.45) is 0 Å². The zero-order chi connectivity index (χ0) is 13.7. The summed E-state index contributed by atoms with van der Waals surface area (Å²) in [5.41, 5.74) is 0.873. The van der Waals surface area contributed by atoms with Gasteiger partial charge in [-0.2, -0.15) is 5.26 Å². The SMILES string of the molecule is COc1ccc(C(C#N)NC2CCCC2)c(OC)c1. The van der Waals surface area contributed by atoms with Crippen LogP contribution in [0.3, 0.4) is 0 Å². The highest BCUT2D eigenvalue weighted by molar-refractivity contribution is 5.44. The van der Waals surface area contributed by atoms with Crippen LogP contribution in [0.1, 0.15) is 37.3 Å². The molecule has 1 fully saturated rings. The lowest BCUT2D eigenvalue weighted by atomic mass is 10.0. The molecule has 1 N–H and O–H groups in total. The van der Waals surface area contributed by atoms with E-state index in [1.165, 1.54) is 12.8 Å². The minimum Gasteiger partial charge on any atom is -0.497 e. The van der Waals surface area contributed by atoms with E-state index < -0.39 is 0 Å². The Balaban J connectivity index is 2.19. The number of rotatable bonds is 5. The van der Waals surface area contributed by atoms with Gasteiger partial charge >= 0.3 is 0 Å². The predicted molar refractivity (Wildman–Crippen MR) is 73.3 cm³/mol. The van der Waals surface area contributed by atoms with Crippen LogP contribution in [0.25, 0.3) is 0 Å². The second kappa shape index (κ2) is 6.44. The van der Waals surface area contributed by atoms with Crippen molar-refractivity contribution in [2.75, 3.05) is 14.2 Å². The molecular weight excluding hydrogens is 240 g/mol. The molecule has 0 bridgehead atoms. The second-order valence-corrected chi connectivity index (χ2v) is 4.82. The Morgan fingerprint density at radius 3 is 2.58 bits per heavy atom. The van der Waals surface area contributed by atoms with Crippen LogP contribution in [0.2, 0.25) is 0 Å². The van der Waals surface area contributed by atoms with E-state index in [0.717, 1.165) is 24.2 Å². The van der Waals surface area contributed by atoms with Crippen molar-refractivity contribution in [2.45, 2.75) is 37.8 Å². The van der Waals surface area contributed by atoms with E-state index in [1.807, 2.05) is 18.2 Å². The highest BCUT2D eigenvalue weighted by atomic mass is 16.5. The highest BCUT2D eigenvalue weighted by Crippen LogP contribution is 2.30. The summed E-state index contributed by atoms with van der Waals surface area (Å²) in [5, 5.41) is 12.8. The van der Waals surface area contributed by atoms with Crippen LogP contribution >= 0.6 is 0 Å². The summed E-state index contributed by atoms with van der Waals surface area (Å²) >= 11 is 0. The van der Waals surface area contributed by atoms with Crippen molar-refractivity contribution in [3.8, 4) is 17.6 Å². The van der Waals surface area contributed by atoms with Gasteiger partial charge in [0.05, 0.1) is 20.3 Å². The predicted octanol–water partition coefficient (Wildman–Crippen LogP) is 2.80. The summed E-state index contributed by atoms with van der Waals surface area (Å²) in [5.74, 6) is 1.43. The first-order valence-electron chi connectivity index (χ1n) is 6.66. The van der Waals surface area contributed by atoms with Crippen molar-refractivity contribution in [3.05, 3.63) is 23.8 Å². The average Bonchev–Trinajstić information content (AvgIpc) is 2.97. The molecule has 0 aromatic heterocycles. The lowest BCUT2D eigenvalue weighted by Gasteiger charge is -2.19. The Hall–Kier alpha value is -1.73. The van der Waals surface area contributed by atoms with Crippen LogP contribution in [0, 0.1) is 11.3 Å². The van der Waals surface area contributed by atoms with Gasteiger partial charge in [-0.05, 0) is 25.0 Å². The molecule has 4 nitrogen and oxygen atoms in total. The number of nitrogens with zero attached hydrogens (tertiary/aromatic N) is 1. The van der Waals surface area contributed by atoms with Crippen LogP contribution in [-0.2, 0) is 0 Å². The van der Waals surface area contributed by atoms with Gasteiger partial charge in [0.1, 0.15) is 17.5 Å². The number of benzene rings is 1. The van der Waals surface area contributed by atoms with Gasteiger partial charge in [-0.15, -0.1) is 0 Å². The third-order valence-corrected chi connectivity index (χ3v) is 3.64. The first kappa shape index (κ1) is 13.7. The standard InChI is InChI=1S/C15H20N2O2/c1-18-12-7-8-13(15(9-12)19-2)14(10-16)17-11-5-3-4-6-11/h7-9,11,14,17H,3-6H2,1-2H3. The quantitative estimate of drug-likeness (QED) is 0.884. The van der Waals surface area contributed by atoms with E-state index in [2.05, 4.69) is 11.4 Å². The van der Waals surface area contributed by atoms with Gasteiger partial charge in [-0.1, -0.05) is 12.8 Å². The third-order valence-electron chi connectivity index (χ3n) is 3.64. The summed E-state index contributed by atoms with van der Waals surface area (Å²) in [7, 11) is 3.23. The van der Waals surface area contributed by atoms with Gasteiger partial charge < -0.3 is 9.47 Å². The summed E-state index contributed by atoms with van der Waals surface area (Å²) in [6, 6.07) is 8.01. The maximum atomic E-state index is 9.39. The molecule has 0 amide bonds. The zero-order valence-electron chi connectivity index (χ0n) is 11.5. The minimum atomic E-state index is -0.330. The molecule has 1 aliphatic carbocycles. The minimum absolute atomic E-state index is 0.330. The third kappa shape index (κ3) is 3.18. The van der Waals surface area contributed by atoms with Crippen LogP contribution < -0.4 is 14.8 Å². The molecule has 4 heteroatoms. The van der Waals surface area contributed by atoms with Crippen molar-refractivity contribution in [3.63, 3.8) is 0 Å². The molecule has 102 valence electrons. The van der Waals surface area contributed by atoms with Crippen molar-refractivity contribution >= 4 is 0 Å². The highest BCUT2D eigenvalue weighted by Gasteiger charge is 2.22. The fourth-order valence-electron chi connectivity index (χ4n) is 2.58. The Morgan fingerprint density at radius 2 is 2.00 bits per heavy atom. The molecule has 0 radical (unpaired) electrons. The molecule has 1 aromatic carbocycles. The summed E-state index contributed by atoms with van der Waals surface area (Å²) in [6.07, 6.45) is 4.79. The fraction of sp³-hybridized carbons (Fsp3) is 0.533. The maximum absolute atomic E-state index is 9.39. The number of nitriles is 1. The molecule has 1 aliphatic rings. The van der Waals surface area contributed by atoms with E-state index in [9.17, 15) is 5.26 Å². The Labute approximate surface area is 114 Å². The van der Waals surface area contributed by atoms with E-state index in [4.69, 9.17) is 9.47 Å². The van der Waals surface area contributed by atoms with E-state index in [1.54, 1.807) is 14.2 Å². The number of methoxy groups -OCH3 is 2. The molecule has 1 aromatic rings. The molecule has 19 heavy (non-hydrogen) atoms. The molecule has 0 saturated heterocycles. The lowest BCUT2D eigenvalue weighted by Crippen LogP contribution is -2.30. The zero-order valence-corrected chi connectivity index (χ0v) is 11.5. The number of nitrogens with one attached hydrogen (secondary N) is 1. The molecule has 2 rings (SSSR count). The monoisotopic (exact) mass is 260 g/mol. The molecule has 1 unspecified atom stereocenters. The van der Waals surface area contributed by atoms with Crippen LogP contribution in [-0.4, -0.2) is 20.3 Å². The van der Waals surface area contributed by atoms with Gasteiger partial charge in [0.2, 0.25) is 0 Å². The van der Waals surface area contributed by atoms with E-state index in [-0.39, 0.29) is 6.04 Å². The lowest BCUT2D eigenvalue weighted by molar-refractivity contribution is 0.385. The average molecular weight is 260 g/mol. The maximum Gasteiger partial charge on any atom is 0.128 e. The van der Waals surface area contributed by atoms with E-state index >= 15 is 0 Å². The molecule has 0 spiro atoms. The van der Waals surface area contributed by atoms with Crippen LogP contribution in [0.4, 0.5) is 0 Å². The molecule has 1 atom stereocenters. The number of ether oxygens (including phenoxy) is 2. The van der Waals surface area contributed by atoms with Crippen LogP contribution in [0.5, 0.6) is 11.5 Å². The number of hydrogen-bond acceptors (Lipinski definition) is 4. The van der Waals surface area contributed by atoms with Gasteiger partial charge in [0.25, 0.3) is 0 Å². The fourth-order valence-corrected chi connectivity index (χ4v) is 2.58. The van der Waals surface area contributed by atoms with E-state index in [0.29, 0.717) is 11.8 Å². The largest absolute Gasteiger partial charge is 0.497 e. The molecule has 0 aliphatic heterocycles. The first-order chi connectivity index (χ1) is 9.28. The molecule has 0 heterocycles.